The second-order valence-electron chi connectivity index (χ2n) is 3.93. The quantitative estimate of drug-likeness (QED) is 0.900. The van der Waals surface area contributed by atoms with Gasteiger partial charge in [-0.3, -0.25) is 9.59 Å². The standard InChI is InChI=1S/C13H13N3O2S/c1-8-11(7-19-16-8)13(18)15-10-5-3-4-9(6-10)12(17)14-2/h3-7H,1-2H3,(H,14,17)(H,15,18). The van der Waals surface area contributed by atoms with E-state index in [-0.39, 0.29) is 11.8 Å². The molecule has 2 N–H and O–H groups in total. The number of aryl methyl sites for hydroxylation is 1. The van der Waals surface area contributed by atoms with E-state index < -0.39 is 0 Å². The first-order valence-electron chi connectivity index (χ1n) is 5.66. The van der Waals surface area contributed by atoms with E-state index in [0.29, 0.717) is 22.5 Å². The van der Waals surface area contributed by atoms with E-state index in [1.54, 1.807) is 43.6 Å². The lowest BCUT2D eigenvalue weighted by Gasteiger charge is -2.06. The maximum absolute atomic E-state index is 12.0. The van der Waals surface area contributed by atoms with Gasteiger partial charge in [0.2, 0.25) is 0 Å². The normalized spacial score (nSPS) is 10.0. The van der Waals surface area contributed by atoms with Crippen LogP contribution in [-0.2, 0) is 0 Å². The molecule has 0 saturated carbocycles. The zero-order valence-corrected chi connectivity index (χ0v) is 11.4. The monoisotopic (exact) mass is 275 g/mol. The van der Waals surface area contributed by atoms with Crippen LogP contribution < -0.4 is 10.6 Å². The number of carbonyl (C=O) groups excluding carboxylic acids is 2. The summed E-state index contributed by atoms with van der Waals surface area (Å²) in [6, 6.07) is 6.77. The molecule has 2 rings (SSSR count). The summed E-state index contributed by atoms with van der Waals surface area (Å²) in [6.45, 7) is 1.78. The number of hydrogen-bond donors (Lipinski definition) is 2. The van der Waals surface area contributed by atoms with Gasteiger partial charge in [0, 0.05) is 23.7 Å². The van der Waals surface area contributed by atoms with Gasteiger partial charge in [-0.15, -0.1) is 0 Å². The third kappa shape index (κ3) is 2.97. The predicted octanol–water partition coefficient (Wildman–Crippen LogP) is 2.06. The Hall–Kier alpha value is -2.21. The maximum Gasteiger partial charge on any atom is 0.258 e. The van der Waals surface area contributed by atoms with E-state index in [1.165, 1.54) is 11.5 Å². The second kappa shape index (κ2) is 5.62. The summed E-state index contributed by atoms with van der Waals surface area (Å²) in [5, 5.41) is 6.99. The van der Waals surface area contributed by atoms with E-state index in [4.69, 9.17) is 0 Å². The lowest BCUT2D eigenvalue weighted by atomic mass is 10.2. The number of carbonyl (C=O) groups is 2. The molecule has 6 heteroatoms. The minimum Gasteiger partial charge on any atom is -0.355 e. The summed E-state index contributed by atoms with van der Waals surface area (Å²) in [5.74, 6) is -0.412. The molecule has 0 spiro atoms. The molecule has 0 aliphatic heterocycles. The van der Waals surface area contributed by atoms with Gasteiger partial charge in [-0.25, -0.2) is 0 Å². The highest BCUT2D eigenvalue weighted by molar-refractivity contribution is 7.04. The van der Waals surface area contributed by atoms with Crippen molar-refractivity contribution < 1.29 is 9.59 Å². The Bertz CT molecular complexity index is 622. The van der Waals surface area contributed by atoms with Gasteiger partial charge in [-0.1, -0.05) is 6.07 Å². The average Bonchev–Trinajstić information content (AvgIpc) is 2.84. The fraction of sp³-hybridized carbons (Fsp3) is 0.154. The van der Waals surface area contributed by atoms with Crippen molar-refractivity contribution in [1.29, 1.82) is 0 Å². The summed E-state index contributed by atoms with van der Waals surface area (Å²) in [5.41, 5.74) is 2.33. The Balaban J connectivity index is 2.18. The number of amides is 2. The van der Waals surface area contributed by atoms with Gasteiger partial charge in [0.15, 0.2) is 0 Å². The van der Waals surface area contributed by atoms with Gasteiger partial charge in [0.1, 0.15) is 0 Å². The minimum absolute atomic E-state index is 0.190. The van der Waals surface area contributed by atoms with E-state index in [1.807, 2.05) is 0 Å². The zero-order valence-electron chi connectivity index (χ0n) is 10.6. The van der Waals surface area contributed by atoms with Crippen molar-refractivity contribution >= 4 is 29.0 Å². The van der Waals surface area contributed by atoms with Crippen LogP contribution in [0.1, 0.15) is 26.4 Å². The number of nitrogens with one attached hydrogen (secondary N) is 2. The van der Waals surface area contributed by atoms with Crippen molar-refractivity contribution in [1.82, 2.24) is 9.69 Å². The van der Waals surface area contributed by atoms with Crippen LogP contribution in [0.25, 0.3) is 0 Å². The molecule has 0 unspecified atom stereocenters. The van der Waals surface area contributed by atoms with Crippen LogP contribution in [0, 0.1) is 6.92 Å². The molecule has 2 amide bonds. The molecule has 0 radical (unpaired) electrons. The molecule has 0 aliphatic carbocycles. The topological polar surface area (TPSA) is 71.1 Å². The van der Waals surface area contributed by atoms with E-state index in [0.717, 1.165) is 0 Å². The first kappa shape index (κ1) is 13.2. The van der Waals surface area contributed by atoms with E-state index >= 15 is 0 Å². The van der Waals surface area contributed by atoms with Crippen molar-refractivity contribution in [3.05, 3.63) is 46.5 Å². The number of benzene rings is 1. The van der Waals surface area contributed by atoms with Crippen LogP contribution in [0.4, 0.5) is 5.69 Å². The fourth-order valence-corrected chi connectivity index (χ4v) is 2.28. The fourth-order valence-electron chi connectivity index (χ4n) is 1.59. The first-order chi connectivity index (χ1) is 9.11. The maximum atomic E-state index is 12.0. The molecular weight excluding hydrogens is 262 g/mol. The van der Waals surface area contributed by atoms with Gasteiger partial charge in [-0.05, 0) is 36.7 Å². The lowest BCUT2D eigenvalue weighted by molar-refractivity contribution is 0.0961. The molecular formula is C13H13N3O2S. The van der Waals surface area contributed by atoms with E-state index in [9.17, 15) is 9.59 Å². The van der Waals surface area contributed by atoms with Crippen molar-refractivity contribution in [3.63, 3.8) is 0 Å². The molecule has 0 fully saturated rings. The third-order valence-electron chi connectivity index (χ3n) is 2.60. The molecule has 1 aromatic carbocycles. The molecule has 0 aliphatic rings. The van der Waals surface area contributed by atoms with Gasteiger partial charge in [-0.2, -0.15) is 4.37 Å². The third-order valence-corrected chi connectivity index (χ3v) is 3.32. The molecule has 0 bridgehead atoms. The summed E-state index contributed by atoms with van der Waals surface area (Å²) < 4.78 is 4.06. The molecule has 0 saturated heterocycles. The lowest BCUT2D eigenvalue weighted by Crippen LogP contribution is -2.18. The minimum atomic E-state index is -0.222. The summed E-state index contributed by atoms with van der Waals surface area (Å²) in [4.78, 5) is 23.5. The summed E-state index contributed by atoms with van der Waals surface area (Å²) >= 11 is 1.24. The van der Waals surface area contributed by atoms with Crippen LogP contribution in [0.15, 0.2) is 29.6 Å². The number of anilines is 1. The predicted molar refractivity (Wildman–Crippen MR) is 74.6 cm³/mol. The Morgan fingerprint density at radius 2 is 2.05 bits per heavy atom. The molecule has 1 aromatic heterocycles. The molecule has 2 aromatic rings. The molecule has 1 heterocycles. The van der Waals surface area contributed by atoms with Crippen molar-refractivity contribution in [2.24, 2.45) is 0 Å². The molecule has 0 atom stereocenters. The number of nitrogens with zero attached hydrogens (tertiary/aromatic N) is 1. The van der Waals surface area contributed by atoms with Crippen LogP contribution >= 0.6 is 11.5 Å². The van der Waals surface area contributed by atoms with Crippen molar-refractivity contribution in [3.8, 4) is 0 Å². The van der Waals surface area contributed by atoms with Crippen LogP contribution in [0.3, 0.4) is 0 Å². The average molecular weight is 275 g/mol. The van der Waals surface area contributed by atoms with E-state index in [2.05, 4.69) is 15.0 Å². The molecule has 5 nitrogen and oxygen atoms in total. The Kier molecular flexibility index (Phi) is 3.91. The van der Waals surface area contributed by atoms with Crippen molar-refractivity contribution in [2.45, 2.75) is 6.92 Å². The Labute approximate surface area is 114 Å². The molecule has 19 heavy (non-hydrogen) atoms. The highest BCUT2D eigenvalue weighted by Crippen LogP contribution is 2.15. The zero-order chi connectivity index (χ0) is 13.8. The summed E-state index contributed by atoms with van der Waals surface area (Å²) in [6.07, 6.45) is 0. The largest absolute Gasteiger partial charge is 0.355 e. The first-order valence-corrected chi connectivity index (χ1v) is 6.50. The highest BCUT2D eigenvalue weighted by atomic mass is 32.1. The van der Waals surface area contributed by atoms with Crippen LogP contribution in [0.2, 0.25) is 0 Å². The number of aromatic nitrogens is 1. The van der Waals surface area contributed by atoms with Gasteiger partial charge >= 0.3 is 0 Å². The summed E-state index contributed by atoms with van der Waals surface area (Å²) in [7, 11) is 1.56. The van der Waals surface area contributed by atoms with Crippen LogP contribution in [-0.4, -0.2) is 23.2 Å². The SMILES string of the molecule is CNC(=O)c1cccc(NC(=O)c2csnc2C)c1. The number of rotatable bonds is 3. The second-order valence-corrected chi connectivity index (χ2v) is 4.56. The van der Waals surface area contributed by atoms with Gasteiger partial charge in [0.05, 0.1) is 11.3 Å². The van der Waals surface area contributed by atoms with Gasteiger partial charge in [0.25, 0.3) is 11.8 Å². The smallest absolute Gasteiger partial charge is 0.258 e. The highest BCUT2D eigenvalue weighted by Gasteiger charge is 2.12. The molecule has 98 valence electrons. The number of hydrogen-bond acceptors (Lipinski definition) is 4. The Morgan fingerprint density at radius 3 is 2.68 bits per heavy atom. The van der Waals surface area contributed by atoms with Crippen LogP contribution in [0.5, 0.6) is 0 Å². The van der Waals surface area contributed by atoms with Gasteiger partial charge < -0.3 is 10.6 Å². The Morgan fingerprint density at radius 1 is 1.26 bits per heavy atom. The van der Waals surface area contributed by atoms with Crippen molar-refractivity contribution in [2.75, 3.05) is 12.4 Å².